The number of hydrogen-bond donors (Lipinski definition) is 1. The first kappa shape index (κ1) is 13.9. The number of halogens is 3. The maximum absolute atomic E-state index is 13.9. The fraction of sp³-hybridized carbons (Fsp3) is 0.538. The minimum atomic E-state index is -0.495. The molecule has 2 N–H and O–H groups in total. The van der Waals surface area contributed by atoms with Crippen LogP contribution in [0, 0.1) is 17.6 Å². The van der Waals surface area contributed by atoms with Crippen molar-refractivity contribution in [2.24, 2.45) is 11.7 Å². The molecule has 2 nitrogen and oxygen atoms in total. The van der Waals surface area contributed by atoms with E-state index in [0.29, 0.717) is 23.5 Å². The van der Waals surface area contributed by atoms with Gasteiger partial charge in [-0.25, -0.2) is 8.78 Å². The lowest BCUT2D eigenvalue weighted by Crippen LogP contribution is -2.38. The molecule has 0 aromatic heterocycles. The summed E-state index contributed by atoms with van der Waals surface area (Å²) >= 11 is 3.09. The van der Waals surface area contributed by atoms with Crippen LogP contribution in [0.1, 0.15) is 18.4 Å². The van der Waals surface area contributed by atoms with Gasteiger partial charge in [-0.15, -0.1) is 0 Å². The summed E-state index contributed by atoms with van der Waals surface area (Å²) < 4.78 is 27.8. The smallest absolute Gasteiger partial charge is 0.144 e. The Labute approximate surface area is 114 Å². The van der Waals surface area contributed by atoms with Crippen LogP contribution < -0.4 is 5.73 Å². The molecule has 5 heteroatoms. The molecule has 1 atom stereocenters. The Morgan fingerprint density at radius 2 is 2.17 bits per heavy atom. The Morgan fingerprint density at radius 3 is 2.89 bits per heavy atom. The molecule has 0 amide bonds. The van der Waals surface area contributed by atoms with E-state index >= 15 is 0 Å². The summed E-state index contributed by atoms with van der Waals surface area (Å²) in [4.78, 5) is 2.08. The average molecular weight is 319 g/mol. The van der Waals surface area contributed by atoms with E-state index in [4.69, 9.17) is 5.73 Å². The van der Waals surface area contributed by atoms with E-state index in [9.17, 15) is 8.78 Å². The number of likely N-dealkylation sites (tertiary alicyclic amines) is 1. The molecule has 0 saturated carbocycles. The number of benzene rings is 1. The van der Waals surface area contributed by atoms with Gasteiger partial charge in [-0.2, -0.15) is 0 Å². The Hall–Kier alpha value is -0.520. The van der Waals surface area contributed by atoms with Crippen molar-refractivity contribution in [2.75, 3.05) is 19.6 Å². The molecule has 18 heavy (non-hydrogen) atoms. The summed E-state index contributed by atoms with van der Waals surface area (Å²) in [5, 5.41) is 0. The van der Waals surface area contributed by atoms with Gasteiger partial charge in [-0.3, -0.25) is 4.90 Å². The van der Waals surface area contributed by atoms with Crippen LogP contribution in [0.4, 0.5) is 8.78 Å². The molecule has 1 aliphatic heterocycles. The predicted octanol–water partition coefficient (Wildman–Crippen LogP) is 2.90. The van der Waals surface area contributed by atoms with Gasteiger partial charge >= 0.3 is 0 Å². The van der Waals surface area contributed by atoms with Crippen molar-refractivity contribution in [3.8, 4) is 0 Å². The molecule has 100 valence electrons. The van der Waals surface area contributed by atoms with Crippen LogP contribution in [0.25, 0.3) is 0 Å². The van der Waals surface area contributed by atoms with E-state index in [1.54, 1.807) is 0 Å². The zero-order valence-corrected chi connectivity index (χ0v) is 11.7. The molecule has 0 spiro atoms. The SMILES string of the molecule is NCC1CCCN(Cc2c(F)ccc(Br)c2F)C1. The summed E-state index contributed by atoms with van der Waals surface area (Å²) in [6.07, 6.45) is 2.15. The monoisotopic (exact) mass is 318 g/mol. The lowest BCUT2D eigenvalue weighted by atomic mass is 9.98. The minimum Gasteiger partial charge on any atom is -0.330 e. The maximum atomic E-state index is 13.9. The zero-order chi connectivity index (χ0) is 13.1. The average Bonchev–Trinajstić information content (AvgIpc) is 2.39. The van der Waals surface area contributed by atoms with Crippen molar-refractivity contribution in [2.45, 2.75) is 19.4 Å². The van der Waals surface area contributed by atoms with Gasteiger partial charge in [-0.05, 0) is 59.9 Å². The highest BCUT2D eigenvalue weighted by Gasteiger charge is 2.21. The van der Waals surface area contributed by atoms with Crippen LogP contribution in [0.15, 0.2) is 16.6 Å². The molecule has 1 unspecified atom stereocenters. The van der Waals surface area contributed by atoms with Crippen LogP contribution in [-0.4, -0.2) is 24.5 Å². The Morgan fingerprint density at radius 1 is 1.39 bits per heavy atom. The van der Waals surface area contributed by atoms with Crippen LogP contribution in [0.3, 0.4) is 0 Å². The Balaban J connectivity index is 2.11. The van der Waals surface area contributed by atoms with Crippen molar-refractivity contribution < 1.29 is 8.78 Å². The van der Waals surface area contributed by atoms with Crippen LogP contribution >= 0.6 is 15.9 Å². The van der Waals surface area contributed by atoms with E-state index < -0.39 is 11.6 Å². The highest BCUT2D eigenvalue weighted by atomic mass is 79.9. The lowest BCUT2D eigenvalue weighted by molar-refractivity contribution is 0.167. The summed E-state index contributed by atoms with van der Waals surface area (Å²) in [7, 11) is 0. The standard InChI is InChI=1S/C13H17BrF2N2/c14-11-3-4-12(15)10(13(11)16)8-18-5-1-2-9(6-17)7-18/h3-4,9H,1-2,5-8,17H2. The first-order valence-corrected chi connectivity index (χ1v) is 6.96. The molecule has 2 rings (SSSR count). The van der Waals surface area contributed by atoms with E-state index in [2.05, 4.69) is 20.8 Å². The van der Waals surface area contributed by atoms with Gasteiger partial charge in [0, 0.05) is 18.7 Å². The van der Waals surface area contributed by atoms with Crippen LogP contribution in [0.5, 0.6) is 0 Å². The quantitative estimate of drug-likeness (QED) is 0.868. The van der Waals surface area contributed by atoms with Crippen molar-refractivity contribution in [1.29, 1.82) is 0 Å². The van der Waals surface area contributed by atoms with Crippen molar-refractivity contribution in [3.05, 3.63) is 33.8 Å². The zero-order valence-electron chi connectivity index (χ0n) is 10.1. The summed E-state index contributed by atoms with van der Waals surface area (Å²) in [6, 6.07) is 2.69. The Kier molecular flexibility index (Phi) is 4.70. The summed E-state index contributed by atoms with van der Waals surface area (Å²) in [5.41, 5.74) is 5.80. The second-order valence-electron chi connectivity index (χ2n) is 4.80. The number of hydrogen-bond acceptors (Lipinski definition) is 2. The molecule has 0 aliphatic carbocycles. The van der Waals surface area contributed by atoms with Crippen molar-refractivity contribution >= 4 is 15.9 Å². The Bertz CT molecular complexity index is 426. The van der Waals surface area contributed by atoms with E-state index in [1.165, 1.54) is 12.1 Å². The highest BCUT2D eigenvalue weighted by molar-refractivity contribution is 9.10. The normalized spacial score (nSPS) is 21.2. The molecule has 1 saturated heterocycles. The first-order valence-electron chi connectivity index (χ1n) is 6.16. The molecule has 1 aliphatic rings. The van der Waals surface area contributed by atoms with E-state index in [0.717, 1.165) is 25.9 Å². The first-order chi connectivity index (χ1) is 8.61. The number of nitrogens with two attached hydrogens (primary N) is 1. The molecule has 1 aromatic rings. The molecule has 1 aromatic carbocycles. The topological polar surface area (TPSA) is 29.3 Å². The van der Waals surface area contributed by atoms with Gasteiger partial charge in [0.25, 0.3) is 0 Å². The second kappa shape index (κ2) is 6.08. The van der Waals surface area contributed by atoms with Gasteiger partial charge in [0.15, 0.2) is 0 Å². The predicted molar refractivity (Wildman–Crippen MR) is 71.1 cm³/mol. The largest absolute Gasteiger partial charge is 0.330 e. The second-order valence-corrected chi connectivity index (χ2v) is 5.66. The fourth-order valence-corrected chi connectivity index (χ4v) is 2.80. The minimum absolute atomic E-state index is 0.141. The maximum Gasteiger partial charge on any atom is 0.144 e. The highest BCUT2D eigenvalue weighted by Crippen LogP contribution is 2.24. The molecule has 0 bridgehead atoms. The number of nitrogens with zero attached hydrogens (tertiary/aromatic N) is 1. The molecular weight excluding hydrogens is 302 g/mol. The summed E-state index contributed by atoms with van der Waals surface area (Å²) in [5.74, 6) is -0.535. The molecular formula is C13H17BrF2N2. The summed E-state index contributed by atoms with van der Waals surface area (Å²) in [6.45, 7) is 2.65. The number of piperidine rings is 1. The third-order valence-corrected chi connectivity index (χ3v) is 4.07. The van der Waals surface area contributed by atoms with Gasteiger partial charge in [0.1, 0.15) is 11.6 Å². The fourth-order valence-electron chi connectivity index (χ4n) is 2.42. The van der Waals surface area contributed by atoms with Gasteiger partial charge in [0.05, 0.1) is 4.47 Å². The van der Waals surface area contributed by atoms with Gasteiger partial charge in [-0.1, -0.05) is 0 Å². The lowest BCUT2D eigenvalue weighted by Gasteiger charge is -2.32. The third-order valence-electron chi connectivity index (χ3n) is 3.46. The van der Waals surface area contributed by atoms with Crippen molar-refractivity contribution in [1.82, 2.24) is 4.90 Å². The molecule has 1 heterocycles. The van der Waals surface area contributed by atoms with Crippen molar-refractivity contribution in [3.63, 3.8) is 0 Å². The van der Waals surface area contributed by atoms with E-state index in [-0.39, 0.29) is 5.56 Å². The third kappa shape index (κ3) is 3.08. The van der Waals surface area contributed by atoms with E-state index in [1.807, 2.05) is 0 Å². The van der Waals surface area contributed by atoms with Gasteiger partial charge in [0.2, 0.25) is 0 Å². The molecule has 1 fully saturated rings. The van der Waals surface area contributed by atoms with Crippen LogP contribution in [0.2, 0.25) is 0 Å². The van der Waals surface area contributed by atoms with Gasteiger partial charge < -0.3 is 5.73 Å². The molecule has 0 radical (unpaired) electrons. The van der Waals surface area contributed by atoms with Crippen LogP contribution in [-0.2, 0) is 6.54 Å². The number of rotatable bonds is 3.